The number of halogens is 1. The van der Waals surface area contributed by atoms with E-state index in [9.17, 15) is 0 Å². The van der Waals surface area contributed by atoms with E-state index in [1.807, 2.05) is 18.2 Å². The van der Waals surface area contributed by atoms with Gasteiger partial charge in [0, 0.05) is 16.1 Å². The van der Waals surface area contributed by atoms with Gasteiger partial charge in [0.05, 0.1) is 11.4 Å². The minimum absolute atomic E-state index is 0.117. The molecule has 1 nitrogen and oxygen atoms in total. The number of hydrogen-bond acceptors (Lipinski definition) is 1. The highest BCUT2D eigenvalue weighted by Crippen LogP contribution is 2.50. The van der Waals surface area contributed by atoms with Crippen LogP contribution in [0.4, 0.5) is 11.4 Å². The second-order valence-corrected chi connectivity index (χ2v) is 6.61. The van der Waals surface area contributed by atoms with Crippen molar-refractivity contribution in [3.05, 3.63) is 95.7 Å². The number of hydrogen-bond donors (Lipinski definition) is 0. The summed E-state index contributed by atoms with van der Waals surface area (Å²) in [5, 5.41) is 0.754. The topological polar surface area (TPSA) is 3.24 Å². The number of para-hydroxylation sites is 1. The van der Waals surface area contributed by atoms with E-state index >= 15 is 0 Å². The minimum Gasteiger partial charge on any atom is -0.310 e. The van der Waals surface area contributed by atoms with Crippen LogP contribution in [0.3, 0.4) is 0 Å². The molecule has 0 fully saturated rings. The largest absolute Gasteiger partial charge is 0.310 e. The molecule has 0 aromatic heterocycles. The molecule has 0 amide bonds. The van der Waals surface area contributed by atoms with Gasteiger partial charge in [0.15, 0.2) is 0 Å². The van der Waals surface area contributed by atoms with E-state index in [0.717, 1.165) is 16.4 Å². The molecule has 0 unspecified atom stereocenters. The fourth-order valence-electron chi connectivity index (χ4n) is 3.31. The van der Waals surface area contributed by atoms with E-state index < -0.39 is 0 Å². The minimum atomic E-state index is -0.117. The lowest BCUT2D eigenvalue weighted by molar-refractivity contribution is 0.630. The van der Waals surface area contributed by atoms with E-state index in [0.29, 0.717) is 0 Å². The maximum Gasteiger partial charge on any atom is 0.0503 e. The Bertz CT molecular complexity index is 814. The van der Waals surface area contributed by atoms with Gasteiger partial charge in [-0.05, 0) is 47.5 Å². The highest BCUT2D eigenvalue weighted by Gasteiger charge is 2.36. The Morgan fingerprint density at radius 2 is 1.74 bits per heavy atom. The van der Waals surface area contributed by atoms with Gasteiger partial charge in [-0.15, -0.1) is 0 Å². The van der Waals surface area contributed by atoms with Gasteiger partial charge in [0.1, 0.15) is 0 Å². The van der Waals surface area contributed by atoms with Gasteiger partial charge in [-0.1, -0.05) is 62.9 Å². The fraction of sp³-hybridized carbons (Fsp3) is 0.143. The summed E-state index contributed by atoms with van der Waals surface area (Å²) in [6.45, 7) is 12.3. The first-order valence-corrected chi connectivity index (χ1v) is 8.03. The van der Waals surface area contributed by atoms with Crippen LogP contribution in [-0.2, 0) is 5.41 Å². The molecule has 1 aliphatic rings. The third-order valence-corrected chi connectivity index (χ3v) is 4.68. The SMILES string of the molecule is C=CC=C(C=C)N1c2ccccc2C(C)(C)c2cc(Cl)ccc21. The maximum atomic E-state index is 6.28. The van der Waals surface area contributed by atoms with Crippen molar-refractivity contribution in [2.45, 2.75) is 19.3 Å². The molecule has 2 aromatic carbocycles. The summed E-state index contributed by atoms with van der Waals surface area (Å²) in [6.07, 6.45) is 5.62. The molecule has 0 saturated heterocycles. The van der Waals surface area contributed by atoms with Gasteiger partial charge < -0.3 is 4.90 Å². The Labute approximate surface area is 143 Å². The van der Waals surface area contributed by atoms with Crippen molar-refractivity contribution in [3.8, 4) is 0 Å². The Kier molecular flexibility index (Phi) is 3.91. The Morgan fingerprint density at radius 1 is 1.04 bits per heavy atom. The van der Waals surface area contributed by atoms with Crippen molar-refractivity contribution < 1.29 is 0 Å². The summed E-state index contributed by atoms with van der Waals surface area (Å²) in [4.78, 5) is 2.22. The molecule has 116 valence electrons. The summed E-state index contributed by atoms with van der Waals surface area (Å²) >= 11 is 6.28. The second-order valence-electron chi connectivity index (χ2n) is 6.17. The Hall–Kier alpha value is -2.25. The van der Waals surface area contributed by atoms with E-state index in [1.165, 1.54) is 16.8 Å². The Balaban J connectivity index is 2.37. The summed E-state index contributed by atoms with van der Waals surface area (Å²) in [5.74, 6) is 0. The predicted molar refractivity (Wildman–Crippen MR) is 101 cm³/mol. The van der Waals surface area contributed by atoms with Gasteiger partial charge in [-0.25, -0.2) is 0 Å². The lowest BCUT2D eigenvalue weighted by Crippen LogP contribution is -2.32. The van der Waals surface area contributed by atoms with Crippen LogP contribution in [0.5, 0.6) is 0 Å². The number of rotatable bonds is 3. The van der Waals surface area contributed by atoms with E-state index in [2.05, 4.69) is 68.3 Å². The lowest BCUT2D eigenvalue weighted by atomic mass is 9.73. The quantitative estimate of drug-likeness (QED) is 0.593. The van der Waals surface area contributed by atoms with Crippen LogP contribution in [0.2, 0.25) is 5.02 Å². The van der Waals surface area contributed by atoms with Gasteiger partial charge in [-0.3, -0.25) is 0 Å². The number of anilines is 2. The molecule has 0 atom stereocenters. The van der Waals surface area contributed by atoms with Crippen molar-refractivity contribution in [3.63, 3.8) is 0 Å². The second kappa shape index (κ2) is 5.75. The molecule has 3 rings (SSSR count). The smallest absolute Gasteiger partial charge is 0.0503 e. The molecule has 0 bridgehead atoms. The zero-order valence-corrected chi connectivity index (χ0v) is 14.3. The first-order valence-electron chi connectivity index (χ1n) is 7.65. The first kappa shape index (κ1) is 15.6. The molecule has 1 aliphatic heterocycles. The van der Waals surface area contributed by atoms with Crippen LogP contribution >= 0.6 is 11.6 Å². The van der Waals surface area contributed by atoms with Gasteiger partial charge in [-0.2, -0.15) is 0 Å². The fourth-order valence-corrected chi connectivity index (χ4v) is 3.48. The van der Waals surface area contributed by atoms with Gasteiger partial charge in [0.25, 0.3) is 0 Å². The summed E-state index contributed by atoms with van der Waals surface area (Å²) in [6, 6.07) is 14.6. The van der Waals surface area contributed by atoms with Crippen molar-refractivity contribution >= 4 is 23.0 Å². The zero-order valence-electron chi connectivity index (χ0n) is 13.5. The van der Waals surface area contributed by atoms with Crippen LogP contribution in [0.15, 0.2) is 79.5 Å². The zero-order chi connectivity index (χ0) is 16.6. The molecular weight excluding hydrogens is 302 g/mol. The summed E-state index contributed by atoms with van der Waals surface area (Å²) in [5.41, 5.74) is 5.65. The standard InChI is InChI=1S/C21H20ClN/c1-5-9-16(6-2)23-19-11-8-7-10-17(19)21(3,4)18-14-15(22)12-13-20(18)23/h5-14H,1-2H2,3-4H3. The van der Waals surface area contributed by atoms with E-state index in [-0.39, 0.29) is 5.41 Å². The molecule has 1 heterocycles. The number of benzene rings is 2. The number of allylic oxidation sites excluding steroid dienone is 3. The van der Waals surface area contributed by atoms with Crippen LogP contribution in [0.1, 0.15) is 25.0 Å². The van der Waals surface area contributed by atoms with Crippen LogP contribution < -0.4 is 4.90 Å². The third kappa shape index (κ3) is 2.42. The van der Waals surface area contributed by atoms with Gasteiger partial charge in [0.2, 0.25) is 0 Å². The van der Waals surface area contributed by atoms with Crippen molar-refractivity contribution in [2.75, 3.05) is 4.90 Å². The van der Waals surface area contributed by atoms with Crippen LogP contribution in [0.25, 0.3) is 0 Å². The predicted octanol–water partition coefficient (Wildman–Crippen LogP) is 6.37. The molecule has 0 aliphatic carbocycles. The molecule has 0 saturated carbocycles. The lowest BCUT2D eigenvalue weighted by Gasteiger charge is -2.42. The molecular formula is C21H20ClN. The molecule has 0 N–H and O–H groups in total. The molecule has 2 heteroatoms. The molecule has 0 radical (unpaired) electrons. The maximum absolute atomic E-state index is 6.28. The molecule has 23 heavy (non-hydrogen) atoms. The van der Waals surface area contributed by atoms with Crippen molar-refractivity contribution in [1.29, 1.82) is 0 Å². The van der Waals surface area contributed by atoms with Crippen molar-refractivity contribution in [1.82, 2.24) is 0 Å². The summed E-state index contributed by atoms with van der Waals surface area (Å²) < 4.78 is 0. The Morgan fingerprint density at radius 3 is 2.43 bits per heavy atom. The van der Waals surface area contributed by atoms with Crippen LogP contribution in [0, 0.1) is 0 Å². The molecule has 2 aromatic rings. The highest BCUT2D eigenvalue weighted by molar-refractivity contribution is 6.30. The molecule has 0 spiro atoms. The van der Waals surface area contributed by atoms with Crippen LogP contribution in [-0.4, -0.2) is 0 Å². The van der Waals surface area contributed by atoms with Gasteiger partial charge >= 0.3 is 0 Å². The third-order valence-electron chi connectivity index (χ3n) is 4.45. The number of nitrogens with zero attached hydrogens (tertiary/aromatic N) is 1. The average molecular weight is 322 g/mol. The first-order chi connectivity index (χ1) is 11.0. The normalized spacial score (nSPS) is 15.6. The summed E-state index contributed by atoms with van der Waals surface area (Å²) in [7, 11) is 0. The average Bonchev–Trinajstić information content (AvgIpc) is 2.55. The highest BCUT2D eigenvalue weighted by atomic mass is 35.5. The van der Waals surface area contributed by atoms with Crippen molar-refractivity contribution in [2.24, 2.45) is 0 Å². The van der Waals surface area contributed by atoms with E-state index in [4.69, 9.17) is 11.6 Å². The monoisotopic (exact) mass is 321 g/mol. The number of fused-ring (bicyclic) bond motifs is 2. The van der Waals surface area contributed by atoms with E-state index in [1.54, 1.807) is 6.08 Å².